The molecule has 1 saturated heterocycles. The van der Waals surface area contributed by atoms with Crippen molar-refractivity contribution in [1.29, 1.82) is 0 Å². The fourth-order valence-electron chi connectivity index (χ4n) is 2.13. The Hall–Kier alpha value is -1.73. The monoisotopic (exact) mass is 342 g/mol. The molecule has 1 aliphatic heterocycles. The topological polar surface area (TPSA) is 81.5 Å². The second-order valence-electron chi connectivity index (χ2n) is 4.68. The van der Waals surface area contributed by atoms with Gasteiger partial charge in [0.05, 0.1) is 16.8 Å². The van der Waals surface area contributed by atoms with Crippen LogP contribution in [0.1, 0.15) is 24.7 Å². The number of benzene rings is 1. The van der Waals surface area contributed by atoms with E-state index < -0.39 is 16.6 Å². The normalized spacial score (nSPS) is 22.9. The number of nitro groups is 1. The van der Waals surface area contributed by atoms with Gasteiger partial charge in [-0.15, -0.1) is 0 Å². The van der Waals surface area contributed by atoms with Gasteiger partial charge in [-0.2, -0.15) is 0 Å². The first-order chi connectivity index (χ1) is 10.4. The lowest BCUT2D eigenvalue weighted by atomic mass is 10.1. The maximum Gasteiger partial charge on any atom is 0.412 e. The van der Waals surface area contributed by atoms with Crippen molar-refractivity contribution in [3.8, 4) is 0 Å². The summed E-state index contributed by atoms with van der Waals surface area (Å²) in [6.07, 6.45) is 0. The third kappa shape index (κ3) is 3.53. The lowest BCUT2D eigenvalue weighted by molar-refractivity contribution is -0.422. The van der Waals surface area contributed by atoms with Crippen LogP contribution in [0.15, 0.2) is 35.0 Å². The van der Waals surface area contributed by atoms with Crippen LogP contribution in [0, 0.1) is 10.1 Å². The van der Waals surface area contributed by atoms with Gasteiger partial charge in [0.2, 0.25) is 0 Å². The first-order valence-electron chi connectivity index (χ1n) is 6.68. The molecule has 0 amide bonds. The van der Waals surface area contributed by atoms with E-state index in [0.29, 0.717) is 5.02 Å². The summed E-state index contributed by atoms with van der Waals surface area (Å²) in [6.45, 7) is 3.60. The number of esters is 1. The Morgan fingerprint density at radius 2 is 2.09 bits per heavy atom. The molecule has 1 heterocycles. The quantitative estimate of drug-likeness (QED) is 0.392. The van der Waals surface area contributed by atoms with Crippen molar-refractivity contribution in [1.82, 2.24) is 5.32 Å². The zero-order valence-electron chi connectivity index (χ0n) is 12.0. The van der Waals surface area contributed by atoms with Gasteiger partial charge in [-0.3, -0.25) is 10.1 Å². The van der Waals surface area contributed by atoms with E-state index in [0.717, 1.165) is 5.56 Å². The van der Waals surface area contributed by atoms with Crippen LogP contribution >= 0.6 is 23.4 Å². The van der Waals surface area contributed by atoms with E-state index in [4.69, 9.17) is 16.3 Å². The molecule has 0 aliphatic carbocycles. The minimum atomic E-state index is -0.925. The average Bonchev–Trinajstić information content (AvgIpc) is 2.81. The lowest BCUT2D eigenvalue weighted by Crippen LogP contribution is -2.25. The van der Waals surface area contributed by atoms with Crippen molar-refractivity contribution in [2.24, 2.45) is 0 Å². The Bertz CT molecular complexity index is 618. The number of hydrogen-bond donors (Lipinski definition) is 1. The Balaban J connectivity index is 2.31. The summed E-state index contributed by atoms with van der Waals surface area (Å²) in [5.41, 5.74) is 0.436. The van der Waals surface area contributed by atoms with Crippen LogP contribution in [-0.2, 0) is 9.53 Å². The number of rotatable bonds is 4. The average molecular weight is 343 g/mol. The molecule has 1 aliphatic rings. The van der Waals surface area contributed by atoms with Crippen molar-refractivity contribution in [2.45, 2.75) is 25.1 Å². The number of carbonyl (C=O) groups is 1. The van der Waals surface area contributed by atoms with Crippen LogP contribution in [0.3, 0.4) is 0 Å². The second-order valence-corrected chi connectivity index (χ2v) is 6.27. The molecule has 0 aromatic heterocycles. The highest BCUT2D eigenvalue weighted by molar-refractivity contribution is 8.03. The van der Waals surface area contributed by atoms with E-state index in [1.54, 1.807) is 19.1 Å². The minimum absolute atomic E-state index is 0.0448. The van der Waals surface area contributed by atoms with Gasteiger partial charge in [0.15, 0.2) is 5.03 Å². The zero-order chi connectivity index (χ0) is 16.3. The van der Waals surface area contributed by atoms with E-state index in [1.807, 2.05) is 19.1 Å². The summed E-state index contributed by atoms with van der Waals surface area (Å²) in [7, 11) is 0. The third-order valence-electron chi connectivity index (χ3n) is 3.12. The van der Waals surface area contributed by atoms with Crippen LogP contribution in [0.2, 0.25) is 5.02 Å². The summed E-state index contributed by atoms with van der Waals surface area (Å²) in [5.74, 6) is -0.925. The number of nitrogens with one attached hydrogen (secondary N) is 1. The van der Waals surface area contributed by atoms with E-state index >= 15 is 0 Å². The highest BCUT2D eigenvalue weighted by Gasteiger charge is 2.38. The maximum atomic E-state index is 11.8. The molecule has 1 fully saturated rings. The molecular weight excluding hydrogens is 328 g/mol. The summed E-state index contributed by atoms with van der Waals surface area (Å²) in [5, 5.41) is 15.0. The van der Waals surface area contributed by atoms with E-state index in [-0.39, 0.29) is 22.9 Å². The Morgan fingerprint density at radius 1 is 1.45 bits per heavy atom. The second kappa shape index (κ2) is 7.02. The highest BCUT2D eigenvalue weighted by atomic mass is 35.5. The van der Waals surface area contributed by atoms with Crippen molar-refractivity contribution in [3.63, 3.8) is 0 Å². The molecule has 0 unspecified atom stereocenters. The van der Waals surface area contributed by atoms with E-state index in [2.05, 4.69) is 5.32 Å². The van der Waals surface area contributed by atoms with Crippen LogP contribution in [0.25, 0.3) is 0 Å². The van der Waals surface area contributed by atoms with Gasteiger partial charge in [0, 0.05) is 11.1 Å². The molecule has 2 rings (SSSR count). The predicted octanol–water partition coefficient (Wildman–Crippen LogP) is 3.11. The van der Waals surface area contributed by atoms with Crippen LogP contribution in [-0.4, -0.2) is 23.5 Å². The van der Waals surface area contributed by atoms with Gasteiger partial charge in [0.25, 0.3) is 0 Å². The van der Waals surface area contributed by atoms with E-state index in [1.165, 1.54) is 11.8 Å². The first-order valence-corrected chi connectivity index (χ1v) is 7.94. The number of ether oxygens (including phenoxy) is 1. The van der Waals surface area contributed by atoms with Gasteiger partial charge in [-0.1, -0.05) is 35.5 Å². The number of thioether (sulfide) groups is 1. The molecule has 118 valence electrons. The van der Waals surface area contributed by atoms with Crippen molar-refractivity contribution < 1.29 is 14.5 Å². The predicted molar refractivity (Wildman–Crippen MR) is 85.0 cm³/mol. The molecule has 0 saturated carbocycles. The fourth-order valence-corrected chi connectivity index (χ4v) is 3.60. The molecule has 1 aromatic carbocycles. The Kier molecular flexibility index (Phi) is 5.31. The van der Waals surface area contributed by atoms with Crippen molar-refractivity contribution in [3.05, 3.63) is 55.7 Å². The molecule has 1 N–H and O–H groups in total. The molecule has 22 heavy (non-hydrogen) atoms. The van der Waals surface area contributed by atoms with Gasteiger partial charge < -0.3 is 10.1 Å². The molecular formula is C14H15ClN2O4S. The standard InChI is InChI=1S/C14H15ClN2O4S/c1-3-21-14(18)11(17(19)20)13-16-8(2)12(22-13)9-4-6-10(15)7-5-9/h4-8,12,16H,3H2,1-2H3/t8-,12+/m1/s1. The highest BCUT2D eigenvalue weighted by Crippen LogP contribution is 2.43. The Labute approximate surface area is 137 Å². The minimum Gasteiger partial charge on any atom is -0.458 e. The molecule has 8 heteroatoms. The largest absolute Gasteiger partial charge is 0.458 e. The molecule has 2 atom stereocenters. The molecule has 6 nitrogen and oxygen atoms in total. The van der Waals surface area contributed by atoms with Crippen LogP contribution < -0.4 is 5.32 Å². The van der Waals surface area contributed by atoms with Gasteiger partial charge >= 0.3 is 11.7 Å². The van der Waals surface area contributed by atoms with Crippen molar-refractivity contribution in [2.75, 3.05) is 6.61 Å². The summed E-state index contributed by atoms with van der Waals surface area (Å²) in [6, 6.07) is 7.22. The number of nitrogens with zero attached hydrogens (tertiary/aromatic N) is 1. The SMILES string of the molecule is CCOC(=O)C(=C1N[C@H](C)[C@@H](c2ccc(Cl)cc2)S1)[N+](=O)[O-]. The molecule has 0 bridgehead atoms. The lowest BCUT2D eigenvalue weighted by Gasteiger charge is -2.13. The zero-order valence-corrected chi connectivity index (χ0v) is 13.6. The molecule has 1 aromatic rings. The number of carbonyl (C=O) groups excluding carboxylic acids is 1. The third-order valence-corrected chi connectivity index (χ3v) is 4.86. The van der Waals surface area contributed by atoms with Crippen molar-refractivity contribution >= 4 is 29.3 Å². The van der Waals surface area contributed by atoms with Crippen LogP contribution in [0.4, 0.5) is 0 Å². The summed E-state index contributed by atoms with van der Waals surface area (Å²) >= 11 is 7.12. The summed E-state index contributed by atoms with van der Waals surface area (Å²) in [4.78, 5) is 22.2. The number of hydrogen-bond acceptors (Lipinski definition) is 6. The Morgan fingerprint density at radius 3 is 2.64 bits per heavy atom. The van der Waals surface area contributed by atoms with Gasteiger partial charge in [0.1, 0.15) is 0 Å². The first kappa shape index (κ1) is 16.6. The van der Waals surface area contributed by atoms with Gasteiger partial charge in [-0.25, -0.2) is 4.79 Å². The molecule has 0 radical (unpaired) electrons. The van der Waals surface area contributed by atoms with Gasteiger partial charge in [-0.05, 0) is 31.5 Å². The fraction of sp³-hybridized carbons (Fsp3) is 0.357. The van der Waals surface area contributed by atoms with Crippen LogP contribution in [0.5, 0.6) is 0 Å². The maximum absolute atomic E-state index is 11.8. The smallest absolute Gasteiger partial charge is 0.412 e. The summed E-state index contributed by atoms with van der Waals surface area (Å²) < 4.78 is 4.76. The van der Waals surface area contributed by atoms with E-state index in [9.17, 15) is 14.9 Å². The molecule has 0 spiro atoms. The number of halogens is 1.